The van der Waals surface area contributed by atoms with Crippen LogP contribution in [-0.2, 0) is 4.79 Å². The second kappa shape index (κ2) is 4.85. The van der Waals surface area contributed by atoms with Crippen molar-refractivity contribution in [2.75, 3.05) is 11.4 Å². The highest BCUT2D eigenvalue weighted by molar-refractivity contribution is 14.1. The maximum absolute atomic E-state index is 11.8. The van der Waals surface area contributed by atoms with Crippen LogP contribution in [0.1, 0.15) is 16.8 Å². The Balaban J connectivity index is 2.51. The van der Waals surface area contributed by atoms with Gasteiger partial charge in [-0.05, 0) is 34.7 Å². The van der Waals surface area contributed by atoms with E-state index in [2.05, 4.69) is 12.6 Å². The van der Waals surface area contributed by atoms with Crippen LogP contribution in [0.3, 0.4) is 0 Å². The molecule has 0 aliphatic carbocycles. The normalized spacial score (nSPS) is 19.8. The van der Waals surface area contributed by atoms with Crippen LogP contribution in [0.4, 0.5) is 5.69 Å². The van der Waals surface area contributed by atoms with Crippen LogP contribution in [0, 0.1) is 3.57 Å². The van der Waals surface area contributed by atoms with Gasteiger partial charge in [-0.15, -0.1) is 0 Å². The monoisotopic (exact) mass is 363 g/mol. The molecule has 17 heavy (non-hydrogen) atoms. The topological polar surface area (TPSA) is 57.6 Å². The van der Waals surface area contributed by atoms with Gasteiger partial charge in [0.15, 0.2) is 0 Å². The number of hydrogen-bond donors (Lipinski definition) is 2. The largest absolute Gasteiger partial charge is 0.478 e. The molecule has 1 unspecified atom stereocenters. The second-order valence-electron chi connectivity index (χ2n) is 3.80. The van der Waals surface area contributed by atoms with E-state index in [4.69, 9.17) is 5.11 Å². The molecule has 1 aliphatic rings. The molecule has 0 saturated carbocycles. The SMILES string of the molecule is O=C(O)c1cccc(I)c1N1CC(S)CC1=O. The van der Waals surface area contributed by atoms with Crippen LogP contribution in [-0.4, -0.2) is 28.8 Å². The van der Waals surface area contributed by atoms with Crippen molar-refractivity contribution in [1.29, 1.82) is 0 Å². The molecule has 1 heterocycles. The summed E-state index contributed by atoms with van der Waals surface area (Å²) in [5, 5.41) is 9.11. The van der Waals surface area contributed by atoms with E-state index in [9.17, 15) is 9.59 Å². The summed E-state index contributed by atoms with van der Waals surface area (Å²) in [5.74, 6) is -1.09. The van der Waals surface area contributed by atoms with E-state index < -0.39 is 5.97 Å². The number of aromatic carboxylic acids is 1. The van der Waals surface area contributed by atoms with Gasteiger partial charge in [0.1, 0.15) is 0 Å². The first-order valence-corrected chi connectivity index (χ1v) is 6.60. The van der Waals surface area contributed by atoms with E-state index in [0.29, 0.717) is 18.7 Å². The smallest absolute Gasteiger partial charge is 0.337 e. The van der Waals surface area contributed by atoms with E-state index in [1.54, 1.807) is 12.1 Å². The number of carboxylic acids is 1. The predicted molar refractivity (Wildman–Crippen MR) is 75.9 cm³/mol. The number of benzene rings is 1. The zero-order chi connectivity index (χ0) is 12.6. The Labute approximate surface area is 118 Å². The minimum Gasteiger partial charge on any atom is -0.478 e. The van der Waals surface area contributed by atoms with Crippen molar-refractivity contribution in [3.8, 4) is 0 Å². The van der Waals surface area contributed by atoms with Crippen molar-refractivity contribution in [3.05, 3.63) is 27.3 Å². The van der Waals surface area contributed by atoms with Crippen LogP contribution >= 0.6 is 35.2 Å². The van der Waals surface area contributed by atoms with Crippen molar-refractivity contribution < 1.29 is 14.7 Å². The van der Waals surface area contributed by atoms with Crippen molar-refractivity contribution in [3.63, 3.8) is 0 Å². The summed E-state index contributed by atoms with van der Waals surface area (Å²) < 4.78 is 0.762. The van der Waals surface area contributed by atoms with Gasteiger partial charge < -0.3 is 10.0 Å². The number of amides is 1. The predicted octanol–water partition coefficient (Wildman–Crippen LogP) is 2.02. The van der Waals surface area contributed by atoms with Gasteiger partial charge in [0, 0.05) is 21.8 Å². The average Bonchev–Trinajstić information content (AvgIpc) is 2.57. The molecule has 0 bridgehead atoms. The van der Waals surface area contributed by atoms with E-state index >= 15 is 0 Å². The molecule has 1 saturated heterocycles. The average molecular weight is 363 g/mol. The highest BCUT2D eigenvalue weighted by atomic mass is 127. The second-order valence-corrected chi connectivity index (χ2v) is 5.70. The fraction of sp³-hybridized carbons (Fsp3) is 0.273. The number of nitrogens with zero attached hydrogens (tertiary/aromatic N) is 1. The van der Waals surface area contributed by atoms with Gasteiger partial charge in [0.25, 0.3) is 0 Å². The van der Waals surface area contributed by atoms with E-state index in [-0.39, 0.29) is 16.7 Å². The molecular formula is C11H10INO3S. The van der Waals surface area contributed by atoms with Crippen molar-refractivity contribution in [1.82, 2.24) is 0 Å². The number of thiol groups is 1. The Bertz CT molecular complexity index is 492. The lowest BCUT2D eigenvalue weighted by atomic mass is 10.1. The number of para-hydroxylation sites is 1. The van der Waals surface area contributed by atoms with Crippen LogP contribution in [0.5, 0.6) is 0 Å². The third-order valence-electron chi connectivity index (χ3n) is 2.59. The zero-order valence-corrected chi connectivity index (χ0v) is 11.8. The molecule has 1 aromatic carbocycles. The Kier molecular flexibility index (Phi) is 3.62. The summed E-state index contributed by atoms with van der Waals surface area (Å²) in [5.41, 5.74) is 0.648. The summed E-state index contributed by atoms with van der Waals surface area (Å²) in [6.07, 6.45) is 0.354. The molecule has 1 atom stereocenters. The van der Waals surface area contributed by atoms with Gasteiger partial charge in [-0.25, -0.2) is 4.79 Å². The number of carboxylic acid groups (broad SMARTS) is 1. The highest BCUT2D eigenvalue weighted by Gasteiger charge is 2.32. The Morgan fingerprint density at radius 2 is 2.24 bits per heavy atom. The third kappa shape index (κ3) is 2.42. The van der Waals surface area contributed by atoms with Gasteiger partial charge in [0.05, 0.1) is 11.3 Å². The van der Waals surface area contributed by atoms with Gasteiger partial charge in [0.2, 0.25) is 5.91 Å². The molecule has 0 spiro atoms. The lowest BCUT2D eigenvalue weighted by Crippen LogP contribution is -2.27. The molecular weight excluding hydrogens is 353 g/mol. The van der Waals surface area contributed by atoms with Gasteiger partial charge >= 0.3 is 5.97 Å². The number of carbonyl (C=O) groups excluding carboxylic acids is 1. The number of halogens is 1. The first-order chi connectivity index (χ1) is 8.00. The molecule has 90 valence electrons. The molecule has 4 nitrogen and oxygen atoms in total. The van der Waals surface area contributed by atoms with Crippen LogP contribution in [0.25, 0.3) is 0 Å². The summed E-state index contributed by atoms with van der Waals surface area (Å²) >= 11 is 6.31. The van der Waals surface area contributed by atoms with Gasteiger partial charge in [-0.1, -0.05) is 6.07 Å². The minimum absolute atomic E-state index is 0.0276. The number of anilines is 1. The van der Waals surface area contributed by atoms with Crippen LogP contribution in [0.15, 0.2) is 18.2 Å². The summed E-state index contributed by atoms with van der Waals surface area (Å²) in [6.45, 7) is 0.461. The molecule has 6 heteroatoms. The Hall–Kier alpha value is -0.760. The molecule has 1 aliphatic heterocycles. The number of rotatable bonds is 2. The molecule has 1 fully saturated rings. The zero-order valence-electron chi connectivity index (χ0n) is 8.76. The fourth-order valence-electron chi connectivity index (χ4n) is 1.87. The first kappa shape index (κ1) is 12.7. The lowest BCUT2D eigenvalue weighted by molar-refractivity contribution is -0.117. The van der Waals surface area contributed by atoms with Crippen LogP contribution < -0.4 is 4.90 Å². The highest BCUT2D eigenvalue weighted by Crippen LogP contribution is 2.31. The maximum Gasteiger partial charge on any atom is 0.337 e. The van der Waals surface area contributed by atoms with E-state index in [1.165, 1.54) is 11.0 Å². The van der Waals surface area contributed by atoms with E-state index in [1.807, 2.05) is 22.6 Å². The molecule has 1 amide bonds. The quantitative estimate of drug-likeness (QED) is 0.625. The lowest BCUT2D eigenvalue weighted by Gasteiger charge is -2.20. The molecule has 2 rings (SSSR count). The fourth-order valence-corrected chi connectivity index (χ4v) is 2.98. The summed E-state index contributed by atoms with van der Waals surface area (Å²) in [7, 11) is 0. The summed E-state index contributed by atoms with van der Waals surface area (Å²) in [4.78, 5) is 24.5. The van der Waals surface area contributed by atoms with Crippen LogP contribution in [0.2, 0.25) is 0 Å². The Morgan fingerprint density at radius 1 is 1.53 bits per heavy atom. The third-order valence-corrected chi connectivity index (χ3v) is 3.81. The number of carbonyl (C=O) groups is 2. The molecule has 0 radical (unpaired) electrons. The summed E-state index contributed by atoms with van der Waals surface area (Å²) in [6, 6.07) is 4.98. The standard InChI is InChI=1S/C11H10INO3S/c12-8-3-1-2-7(11(15)16)10(8)13-5-6(17)4-9(13)14/h1-3,6,17H,4-5H2,(H,15,16). The van der Waals surface area contributed by atoms with Gasteiger partial charge in [-0.3, -0.25) is 4.79 Å². The Morgan fingerprint density at radius 3 is 2.76 bits per heavy atom. The maximum atomic E-state index is 11.8. The van der Waals surface area contributed by atoms with Crippen molar-refractivity contribution in [2.24, 2.45) is 0 Å². The molecule has 1 aromatic rings. The minimum atomic E-state index is -1.02. The van der Waals surface area contributed by atoms with Gasteiger partial charge in [-0.2, -0.15) is 12.6 Å². The number of hydrogen-bond acceptors (Lipinski definition) is 3. The molecule has 1 N–H and O–H groups in total. The first-order valence-electron chi connectivity index (χ1n) is 5.01. The van der Waals surface area contributed by atoms with Crippen molar-refractivity contribution in [2.45, 2.75) is 11.7 Å². The van der Waals surface area contributed by atoms with E-state index in [0.717, 1.165) is 3.57 Å². The molecule has 0 aromatic heterocycles. The van der Waals surface area contributed by atoms with Crippen molar-refractivity contribution >= 4 is 52.8 Å².